The minimum Gasteiger partial charge on any atom is -0.469 e. The van der Waals surface area contributed by atoms with Crippen LogP contribution in [0.4, 0.5) is 0 Å². The molecular formula is C17H15N3O4. The summed E-state index contributed by atoms with van der Waals surface area (Å²) in [5, 5.41) is 0. The van der Waals surface area contributed by atoms with E-state index in [0.29, 0.717) is 5.69 Å². The van der Waals surface area contributed by atoms with E-state index in [1.54, 1.807) is 24.3 Å². The summed E-state index contributed by atoms with van der Waals surface area (Å²) >= 11 is 0. The minimum absolute atomic E-state index is 0.0381. The molecule has 4 atom stereocenters. The monoisotopic (exact) mass is 325 g/mol. The largest absolute Gasteiger partial charge is 0.469 e. The van der Waals surface area contributed by atoms with Gasteiger partial charge in [-0.2, -0.15) is 0 Å². The lowest BCUT2D eigenvalue weighted by molar-refractivity contribution is -0.142. The lowest BCUT2D eigenvalue weighted by Gasteiger charge is -2.32. The molecule has 1 aromatic carbocycles. The Bertz CT molecular complexity index is 946. The maximum absolute atomic E-state index is 12.9. The minimum atomic E-state index is -0.362. The first-order valence-corrected chi connectivity index (χ1v) is 7.93. The number of allylic oxidation sites excluding steroid dienone is 2. The van der Waals surface area contributed by atoms with Crippen LogP contribution in [0.15, 0.2) is 52.1 Å². The van der Waals surface area contributed by atoms with Gasteiger partial charge < -0.3 is 4.74 Å². The zero-order chi connectivity index (χ0) is 16.6. The second kappa shape index (κ2) is 4.37. The number of ether oxygens (including phenoxy) is 1. The van der Waals surface area contributed by atoms with Crippen molar-refractivity contribution in [1.82, 2.24) is 13.9 Å². The zero-order valence-corrected chi connectivity index (χ0v) is 12.9. The number of carbonyl (C=O) groups excluding carboxylic acids is 1. The molecule has 2 aromatic rings. The van der Waals surface area contributed by atoms with Crippen LogP contribution in [0.1, 0.15) is 12.1 Å². The highest BCUT2D eigenvalue weighted by atomic mass is 16.5. The Hall–Kier alpha value is -2.83. The number of carbonyl (C=O) groups is 1. The maximum Gasteiger partial charge on any atom is 0.352 e. The standard InChI is InChI=1S/C17H15N3O4/c1-24-15(21)14-12-10-7-8-11(13(12)14)20-17(23)18(16(22)19(10)20)9-5-3-2-4-6-9/h2-8,10-14H,1H3/t10-,11-,12+,13+/m0/s1. The summed E-state index contributed by atoms with van der Waals surface area (Å²) in [6.07, 6.45) is 3.87. The number of benzene rings is 1. The van der Waals surface area contributed by atoms with Crippen LogP contribution in [0.2, 0.25) is 0 Å². The summed E-state index contributed by atoms with van der Waals surface area (Å²) in [4.78, 5) is 37.7. The van der Waals surface area contributed by atoms with Gasteiger partial charge in [-0.15, -0.1) is 0 Å². The summed E-state index contributed by atoms with van der Waals surface area (Å²) in [6, 6.07) is 8.36. The van der Waals surface area contributed by atoms with Crippen LogP contribution in [-0.4, -0.2) is 27.0 Å². The molecule has 3 heterocycles. The van der Waals surface area contributed by atoms with Gasteiger partial charge in [0.2, 0.25) is 0 Å². The Kier molecular flexibility index (Phi) is 2.48. The van der Waals surface area contributed by atoms with E-state index < -0.39 is 0 Å². The number of hydrogen-bond acceptors (Lipinski definition) is 4. The van der Waals surface area contributed by atoms with Gasteiger partial charge in [-0.05, 0) is 12.1 Å². The van der Waals surface area contributed by atoms with E-state index in [4.69, 9.17) is 4.74 Å². The van der Waals surface area contributed by atoms with Crippen LogP contribution in [0.25, 0.3) is 5.69 Å². The number of esters is 1. The van der Waals surface area contributed by atoms with Crippen molar-refractivity contribution in [3.05, 3.63) is 63.5 Å². The summed E-state index contributed by atoms with van der Waals surface area (Å²) in [5.41, 5.74) is -0.168. The van der Waals surface area contributed by atoms with Gasteiger partial charge in [-0.25, -0.2) is 23.5 Å². The summed E-state index contributed by atoms with van der Waals surface area (Å²) in [7, 11) is 1.37. The summed E-state index contributed by atoms with van der Waals surface area (Å²) in [5.74, 6) is -0.422. The van der Waals surface area contributed by atoms with Gasteiger partial charge in [0.15, 0.2) is 0 Å². The number of rotatable bonds is 2. The third-order valence-corrected chi connectivity index (χ3v) is 5.49. The molecule has 0 N–H and O–H groups in total. The van der Waals surface area contributed by atoms with Crippen LogP contribution >= 0.6 is 0 Å². The lowest BCUT2D eigenvalue weighted by Crippen LogP contribution is -2.40. The maximum atomic E-state index is 12.9. The molecule has 4 aliphatic rings. The molecule has 122 valence electrons. The van der Waals surface area contributed by atoms with E-state index in [0.717, 1.165) is 0 Å². The zero-order valence-electron chi connectivity index (χ0n) is 12.9. The van der Waals surface area contributed by atoms with Crippen molar-refractivity contribution >= 4 is 5.97 Å². The Morgan fingerprint density at radius 2 is 1.50 bits per heavy atom. The van der Waals surface area contributed by atoms with Crippen molar-refractivity contribution in [2.45, 2.75) is 12.1 Å². The van der Waals surface area contributed by atoms with Crippen LogP contribution < -0.4 is 11.4 Å². The number of methoxy groups -OCH3 is 1. The third-order valence-electron chi connectivity index (χ3n) is 5.49. The normalized spacial score (nSPS) is 31.5. The van der Waals surface area contributed by atoms with Crippen molar-refractivity contribution in [2.75, 3.05) is 7.11 Å². The fraction of sp³-hybridized carbons (Fsp3) is 0.353. The average molecular weight is 325 g/mol. The van der Waals surface area contributed by atoms with Crippen molar-refractivity contribution < 1.29 is 9.53 Å². The van der Waals surface area contributed by atoms with E-state index in [2.05, 4.69) is 0 Å². The van der Waals surface area contributed by atoms with Crippen LogP contribution in [0.5, 0.6) is 0 Å². The molecule has 1 saturated carbocycles. The van der Waals surface area contributed by atoms with E-state index >= 15 is 0 Å². The molecule has 0 amide bonds. The van der Waals surface area contributed by atoms with Gasteiger partial charge in [-0.3, -0.25) is 4.79 Å². The first-order chi connectivity index (χ1) is 11.6. The van der Waals surface area contributed by atoms with Gasteiger partial charge in [-0.1, -0.05) is 30.4 Å². The molecule has 1 fully saturated rings. The van der Waals surface area contributed by atoms with Gasteiger partial charge in [0.1, 0.15) is 0 Å². The predicted octanol–water partition coefficient (Wildman–Crippen LogP) is 0.501. The molecule has 0 unspecified atom stereocenters. The Morgan fingerprint density at radius 3 is 2.00 bits per heavy atom. The van der Waals surface area contributed by atoms with E-state index in [-0.39, 0.29) is 47.2 Å². The highest BCUT2D eigenvalue weighted by Crippen LogP contribution is 2.63. The highest BCUT2D eigenvalue weighted by molar-refractivity contribution is 5.77. The Labute approximate surface area is 136 Å². The fourth-order valence-corrected chi connectivity index (χ4v) is 4.47. The van der Waals surface area contributed by atoms with Crippen LogP contribution in [0.3, 0.4) is 0 Å². The van der Waals surface area contributed by atoms with E-state index in [9.17, 15) is 14.4 Å². The number of hydrogen-bond donors (Lipinski definition) is 0. The van der Waals surface area contributed by atoms with Crippen molar-refractivity contribution in [3.63, 3.8) is 0 Å². The van der Waals surface area contributed by atoms with Gasteiger partial charge in [0.05, 0.1) is 30.8 Å². The Morgan fingerprint density at radius 1 is 0.958 bits per heavy atom. The quantitative estimate of drug-likeness (QED) is 0.595. The number of nitrogens with zero attached hydrogens (tertiary/aromatic N) is 3. The molecule has 2 aliphatic carbocycles. The van der Waals surface area contributed by atoms with Crippen LogP contribution in [0, 0.1) is 17.8 Å². The predicted molar refractivity (Wildman–Crippen MR) is 84.0 cm³/mol. The fourth-order valence-electron chi connectivity index (χ4n) is 4.47. The highest BCUT2D eigenvalue weighted by Gasteiger charge is 2.67. The topological polar surface area (TPSA) is 75.2 Å². The molecule has 7 heteroatoms. The molecule has 1 aromatic heterocycles. The number of para-hydroxylation sites is 1. The van der Waals surface area contributed by atoms with Crippen molar-refractivity contribution in [3.8, 4) is 5.69 Å². The second-order valence-electron chi connectivity index (χ2n) is 6.49. The lowest BCUT2D eigenvalue weighted by atomic mass is 9.96. The molecule has 24 heavy (non-hydrogen) atoms. The number of aromatic nitrogens is 3. The Balaban J connectivity index is 1.69. The van der Waals surface area contributed by atoms with Gasteiger partial charge in [0, 0.05) is 11.8 Å². The van der Waals surface area contributed by atoms with Crippen molar-refractivity contribution in [1.29, 1.82) is 0 Å². The second-order valence-corrected chi connectivity index (χ2v) is 6.49. The summed E-state index contributed by atoms with van der Waals surface area (Å²) < 4.78 is 9.08. The molecule has 7 nitrogen and oxygen atoms in total. The smallest absolute Gasteiger partial charge is 0.352 e. The SMILES string of the molecule is COC(=O)C1[C@H]2[C@H]1[C@@H]1C=C[C@@H]2n2c(=O)n(-c3ccccc3)c(=O)n21. The molecule has 0 spiro atoms. The molecular weight excluding hydrogens is 310 g/mol. The van der Waals surface area contributed by atoms with Crippen molar-refractivity contribution in [2.24, 2.45) is 17.8 Å². The summed E-state index contributed by atoms with van der Waals surface area (Å²) in [6.45, 7) is 0. The molecule has 0 radical (unpaired) electrons. The van der Waals surface area contributed by atoms with E-state index in [1.807, 2.05) is 18.2 Å². The molecule has 6 rings (SSSR count). The molecule has 2 bridgehead atoms. The van der Waals surface area contributed by atoms with Gasteiger partial charge in [0.25, 0.3) is 0 Å². The first kappa shape index (κ1) is 13.6. The third kappa shape index (κ3) is 1.45. The van der Waals surface area contributed by atoms with Crippen LogP contribution in [-0.2, 0) is 9.53 Å². The molecule has 2 aliphatic heterocycles. The van der Waals surface area contributed by atoms with E-state index in [1.165, 1.54) is 21.0 Å². The van der Waals surface area contributed by atoms with Gasteiger partial charge >= 0.3 is 17.3 Å². The molecule has 0 saturated heterocycles. The average Bonchev–Trinajstić information content (AvgIpc) is 3.33. The first-order valence-electron chi connectivity index (χ1n) is 7.93.